The number of hydrogen-bond acceptors (Lipinski definition) is 10. The van der Waals surface area contributed by atoms with Gasteiger partial charge in [0, 0.05) is 25.9 Å². The van der Waals surface area contributed by atoms with Gasteiger partial charge in [0.15, 0.2) is 0 Å². The van der Waals surface area contributed by atoms with Gasteiger partial charge in [-0.1, -0.05) is 25.7 Å². The molecule has 0 aliphatic heterocycles. The van der Waals surface area contributed by atoms with Crippen LogP contribution in [-0.4, -0.2) is 99.9 Å². The molecular formula is C34H68N10O6. The van der Waals surface area contributed by atoms with Crippen LogP contribution in [0.1, 0.15) is 116 Å². The number of carbonyl (C=O) groups is 6. The van der Waals surface area contributed by atoms with Gasteiger partial charge in [-0.25, -0.2) is 0 Å². The molecule has 0 heterocycles. The molecule has 0 saturated heterocycles. The monoisotopic (exact) mass is 713 g/mol. The highest BCUT2D eigenvalue weighted by atomic mass is 16.2. The third kappa shape index (κ3) is 27.5. The van der Waals surface area contributed by atoms with Crippen molar-refractivity contribution in [3.8, 4) is 0 Å². The summed E-state index contributed by atoms with van der Waals surface area (Å²) < 4.78 is 0. The third-order valence-corrected chi connectivity index (χ3v) is 8.01. The van der Waals surface area contributed by atoms with E-state index in [1.165, 1.54) is 0 Å². The number of carbonyl (C=O) groups excluding carboxylic acids is 6. The maximum Gasteiger partial charge on any atom is 0.242 e. The molecule has 0 spiro atoms. The number of amides is 6. The molecule has 50 heavy (non-hydrogen) atoms. The van der Waals surface area contributed by atoms with Crippen molar-refractivity contribution in [2.24, 2.45) is 22.9 Å². The molecular weight excluding hydrogens is 644 g/mol. The summed E-state index contributed by atoms with van der Waals surface area (Å²) in [5.41, 5.74) is 22.1. The summed E-state index contributed by atoms with van der Waals surface area (Å²) in [6.45, 7) is 2.64. The molecule has 0 aromatic rings. The van der Waals surface area contributed by atoms with Crippen molar-refractivity contribution in [2.75, 3.05) is 52.4 Å². The van der Waals surface area contributed by atoms with Crippen LogP contribution in [0, 0.1) is 0 Å². The predicted molar refractivity (Wildman–Crippen MR) is 195 cm³/mol. The predicted octanol–water partition coefficient (Wildman–Crippen LogP) is -0.723. The Morgan fingerprint density at radius 2 is 0.720 bits per heavy atom. The van der Waals surface area contributed by atoms with Gasteiger partial charge in [-0.05, 0) is 103 Å². The van der Waals surface area contributed by atoms with E-state index in [1.807, 2.05) is 0 Å². The normalized spacial score (nSPS) is 12.0. The van der Waals surface area contributed by atoms with E-state index in [-0.39, 0.29) is 36.7 Å². The van der Waals surface area contributed by atoms with Crippen LogP contribution in [0.4, 0.5) is 0 Å². The zero-order valence-corrected chi connectivity index (χ0v) is 30.3. The Kier molecular flexibility index (Phi) is 30.6. The van der Waals surface area contributed by atoms with Gasteiger partial charge in [0.1, 0.15) is 12.1 Å². The first-order valence-electron chi connectivity index (χ1n) is 18.7. The Hall–Kier alpha value is -3.34. The average Bonchev–Trinajstić information content (AvgIpc) is 3.10. The molecule has 14 N–H and O–H groups in total. The third-order valence-electron chi connectivity index (χ3n) is 8.01. The first-order valence-corrected chi connectivity index (χ1v) is 18.7. The molecule has 0 aliphatic rings. The first kappa shape index (κ1) is 46.7. The van der Waals surface area contributed by atoms with Crippen LogP contribution >= 0.6 is 0 Å². The van der Waals surface area contributed by atoms with Crippen LogP contribution < -0.4 is 54.8 Å². The SMILES string of the molecule is NCCCCCC(=O)NCC(=O)N[C@@H](CCCCN)C(=O)NCCCCCCNC(=O)[C@H](CCCCN)NC(=O)CNC(=O)CCCCCN. The van der Waals surface area contributed by atoms with E-state index in [0.29, 0.717) is 90.6 Å². The molecule has 6 amide bonds. The van der Waals surface area contributed by atoms with Crippen molar-refractivity contribution >= 4 is 35.4 Å². The van der Waals surface area contributed by atoms with E-state index in [9.17, 15) is 28.8 Å². The Morgan fingerprint density at radius 1 is 0.380 bits per heavy atom. The van der Waals surface area contributed by atoms with Gasteiger partial charge in [-0.15, -0.1) is 0 Å². The number of nitrogens with one attached hydrogen (secondary N) is 6. The topological polar surface area (TPSA) is 279 Å². The molecule has 2 atom stereocenters. The van der Waals surface area contributed by atoms with Crippen LogP contribution in [0.5, 0.6) is 0 Å². The van der Waals surface area contributed by atoms with Crippen LogP contribution in [0.2, 0.25) is 0 Å². The standard InChI is InChI=1S/C34H68N10O6/c35-19-9-3-5-17-29(45)41-25-31(47)43-27(15-7-11-21-37)33(49)39-23-13-1-2-14-24-40-34(50)28(16-8-12-22-38)44-32(48)26-42-30(46)18-6-4-10-20-36/h27-28H,1-26,35-38H2,(H,39,49)(H,40,50)(H,41,45)(H,42,46)(H,43,47)(H,44,48)/t27-,28-/m0/s1. The summed E-state index contributed by atoms with van der Waals surface area (Å²) in [7, 11) is 0. The van der Waals surface area contributed by atoms with Gasteiger partial charge in [-0.3, -0.25) is 28.8 Å². The molecule has 16 heteroatoms. The highest BCUT2D eigenvalue weighted by Crippen LogP contribution is 2.05. The molecule has 0 aromatic carbocycles. The number of nitrogens with two attached hydrogens (primary N) is 4. The van der Waals surface area contributed by atoms with Gasteiger partial charge >= 0.3 is 0 Å². The minimum Gasteiger partial charge on any atom is -0.354 e. The minimum absolute atomic E-state index is 0.192. The average molecular weight is 713 g/mol. The molecule has 0 rings (SSSR count). The highest BCUT2D eigenvalue weighted by Gasteiger charge is 2.21. The molecule has 0 bridgehead atoms. The lowest BCUT2D eigenvalue weighted by Gasteiger charge is -2.19. The first-order chi connectivity index (χ1) is 24.2. The maximum absolute atomic E-state index is 12.8. The lowest BCUT2D eigenvalue weighted by Crippen LogP contribution is -2.49. The molecule has 0 saturated carbocycles. The van der Waals surface area contributed by atoms with E-state index < -0.39 is 23.9 Å². The largest absolute Gasteiger partial charge is 0.354 e. The number of rotatable bonds is 33. The van der Waals surface area contributed by atoms with E-state index in [4.69, 9.17) is 22.9 Å². The molecule has 0 radical (unpaired) electrons. The van der Waals surface area contributed by atoms with Crippen molar-refractivity contribution in [3.63, 3.8) is 0 Å². The van der Waals surface area contributed by atoms with E-state index in [2.05, 4.69) is 31.9 Å². The van der Waals surface area contributed by atoms with Gasteiger partial charge < -0.3 is 54.8 Å². The Bertz CT molecular complexity index is 881. The zero-order valence-electron chi connectivity index (χ0n) is 30.3. The summed E-state index contributed by atoms with van der Waals surface area (Å²) >= 11 is 0. The van der Waals surface area contributed by atoms with Crippen LogP contribution in [-0.2, 0) is 28.8 Å². The molecule has 0 fully saturated rings. The quantitative estimate of drug-likeness (QED) is 0.0381. The van der Waals surface area contributed by atoms with Crippen molar-refractivity contribution in [2.45, 2.75) is 128 Å². The highest BCUT2D eigenvalue weighted by molar-refractivity contribution is 5.91. The van der Waals surface area contributed by atoms with Crippen molar-refractivity contribution in [1.82, 2.24) is 31.9 Å². The van der Waals surface area contributed by atoms with Crippen molar-refractivity contribution in [3.05, 3.63) is 0 Å². The minimum atomic E-state index is -0.716. The zero-order chi connectivity index (χ0) is 37.2. The van der Waals surface area contributed by atoms with Gasteiger partial charge in [0.05, 0.1) is 13.1 Å². The smallest absolute Gasteiger partial charge is 0.242 e. The summed E-state index contributed by atoms with van der Waals surface area (Å²) in [5, 5.41) is 16.4. The second kappa shape index (κ2) is 32.8. The second-order valence-corrected chi connectivity index (χ2v) is 12.6. The summed E-state index contributed by atoms with van der Waals surface area (Å²) in [5.74, 6) is -1.82. The summed E-state index contributed by atoms with van der Waals surface area (Å²) in [6.07, 6.45) is 12.3. The lowest BCUT2D eigenvalue weighted by atomic mass is 10.1. The molecule has 290 valence electrons. The second-order valence-electron chi connectivity index (χ2n) is 12.6. The Morgan fingerprint density at radius 3 is 1.08 bits per heavy atom. The molecule has 0 aromatic heterocycles. The molecule has 0 unspecified atom stereocenters. The van der Waals surface area contributed by atoms with Crippen molar-refractivity contribution in [1.29, 1.82) is 0 Å². The van der Waals surface area contributed by atoms with Gasteiger partial charge in [0.2, 0.25) is 35.4 Å². The number of hydrogen-bond donors (Lipinski definition) is 10. The number of unbranched alkanes of at least 4 members (excludes halogenated alkanes) is 9. The molecule has 0 aliphatic carbocycles. The van der Waals surface area contributed by atoms with Gasteiger partial charge in [0.25, 0.3) is 0 Å². The Labute approximate surface area is 298 Å². The molecule has 16 nitrogen and oxygen atoms in total. The van der Waals surface area contributed by atoms with Crippen molar-refractivity contribution < 1.29 is 28.8 Å². The fourth-order valence-electron chi connectivity index (χ4n) is 5.03. The maximum atomic E-state index is 12.8. The van der Waals surface area contributed by atoms with E-state index in [0.717, 1.165) is 64.2 Å². The Balaban J connectivity index is 4.47. The van der Waals surface area contributed by atoms with Gasteiger partial charge in [-0.2, -0.15) is 0 Å². The summed E-state index contributed by atoms with van der Waals surface area (Å²) in [4.78, 5) is 74.5. The lowest BCUT2D eigenvalue weighted by molar-refractivity contribution is -0.130. The van der Waals surface area contributed by atoms with E-state index >= 15 is 0 Å². The van der Waals surface area contributed by atoms with Crippen LogP contribution in [0.25, 0.3) is 0 Å². The van der Waals surface area contributed by atoms with Crippen LogP contribution in [0.15, 0.2) is 0 Å². The van der Waals surface area contributed by atoms with Crippen LogP contribution in [0.3, 0.4) is 0 Å². The summed E-state index contributed by atoms with van der Waals surface area (Å²) in [6, 6.07) is -1.43. The fraction of sp³-hybridized carbons (Fsp3) is 0.824. The fourth-order valence-corrected chi connectivity index (χ4v) is 5.03. The van der Waals surface area contributed by atoms with E-state index in [1.54, 1.807) is 0 Å².